The fraction of sp³-hybridized carbons (Fsp3) is 0.923. The second-order valence-corrected chi connectivity index (χ2v) is 4.93. The van der Waals surface area contributed by atoms with Gasteiger partial charge in [-0.25, -0.2) is 0 Å². The van der Waals surface area contributed by atoms with E-state index in [2.05, 4.69) is 6.92 Å². The second kappa shape index (κ2) is 9.59. The maximum Gasteiger partial charge on any atom is 0.225 e. The molecule has 1 saturated heterocycles. The summed E-state index contributed by atoms with van der Waals surface area (Å²) in [7, 11) is 1.61. The van der Waals surface area contributed by atoms with E-state index in [0.29, 0.717) is 18.9 Å². The number of amides is 1. The summed E-state index contributed by atoms with van der Waals surface area (Å²) < 4.78 is 5.16. The normalized spacial score (nSPS) is 21.3. The molecule has 0 aromatic heterocycles. The molecule has 1 heterocycles. The zero-order valence-corrected chi connectivity index (χ0v) is 12.4. The number of carbonyl (C=O) groups is 1. The highest BCUT2D eigenvalue weighted by molar-refractivity contribution is 5.85. The number of nitrogens with two attached hydrogens (primary N) is 1. The Balaban J connectivity index is 0.00000289. The van der Waals surface area contributed by atoms with Crippen LogP contribution in [0.2, 0.25) is 0 Å². The van der Waals surface area contributed by atoms with Crippen LogP contribution in [-0.2, 0) is 9.53 Å². The molecule has 0 bridgehead atoms. The van der Waals surface area contributed by atoms with E-state index in [1.165, 1.54) is 19.3 Å². The van der Waals surface area contributed by atoms with Gasteiger partial charge in [-0.15, -0.1) is 12.4 Å². The van der Waals surface area contributed by atoms with E-state index in [4.69, 9.17) is 10.5 Å². The SMILES string of the molecule is CCCC1CCCN(C(=O)CC(CN)OC)C1.Cl. The Kier molecular flexibility index (Phi) is 9.42. The quantitative estimate of drug-likeness (QED) is 0.806. The van der Waals surface area contributed by atoms with Gasteiger partial charge in [-0.3, -0.25) is 4.79 Å². The van der Waals surface area contributed by atoms with Gasteiger partial charge in [0.05, 0.1) is 12.5 Å². The lowest BCUT2D eigenvalue weighted by molar-refractivity contribution is -0.135. The molecular weight excluding hydrogens is 252 g/mol. The van der Waals surface area contributed by atoms with E-state index in [1.54, 1.807) is 7.11 Å². The summed E-state index contributed by atoms with van der Waals surface area (Å²) in [5, 5.41) is 0. The van der Waals surface area contributed by atoms with Crippen LogP contribution in [0.3, 0.4) is 0 Å². The number of ether oxygens (including phenoxy) is 1. The van der Waals surface area contributed by atoms with Crippen molar-refractivity contribution in [3.05, 3.63) is 0 Å². The molecule has 0 aromatic carbocycles. The van der Waals surface area contributed by atoms with Crippen molar-refractivity contribution in [2.75, 3.05) is 26.7 Å². The minimum absolute atomic E-state index is 0. The molecule has 2 atom stereocenters. The first kappa shape index (κ1) is 17.7. The second-order valence-electron chi connectivity index (χ2n) is 4.93. The number of carbonyl (C=O) groups excluding carboxylic acids is 1. The Morgan fingerprint density at radius 2 is 2.28 bits per heavy atom. The van der Waals surface area contributed by atoms with Crippen LogP contribution < -0.4 is 5.73 Å². The average Bonchev–Trinajstić information content (AvgIpc) is 2.36. The lowest BCUT2D eigenvalue weighted by Crippen LogP contribution is -2.42. The van der Waals surface area contributed by atoms with Gasteiger partial charge < -0.3 is 15.4 Å². The van der Waals surface area contributed by atoms with E-state index in [9.17, 15) is 4.79 Å². The van der Waals surface area contributed by atoms with Crippen LogP contribution in [0.15, 0.2) is 0 Å². The molecule has 0 radical (unpaired) electrons. The number of rotatable bonds is 6. The minimum Gasteiger partial charge on any atom is -0.380 e. The molecule has 0 aromatic rings. The first-order chi connectivity index (χ1) is 8.21. The summed E-state index contributed by atoms with van der Waals surface area (Å²) in [6.07, 6.45) is 5.13. The van der Waals surface area contributed by atoms with Gasteiger partial charge in [-0.2, -0.15) is 0 Å². The van der Waals surface area contributed by atoms with Crippen LogP contribution in [-0.4, -0.2) is 43.7 Å². The lowest BCUT2D eigenvalue weighted by Gasteiger charge is -2.33. The summed E-state index contributed by atoms with van der Waals surface area (Å²) in [5.74, 6) is 0.889. The highest BCUT2D eigenvalue weighted by Gasteiger charge is 2.24. The molecule has 1 amide bonds. The first-order valence-electron chi connectivity index (χ1n) is 6.71. The number of hydrogen-bond donors (Lipinski definition) is 1. The van der Waals surface area contributed by atoms with Crippen molar-refractivity contribution in [2.24, 2.45) is 11.7 Å². The highest BCUT2D eigenvalue weighted by atomic mass is 35.5. The van der Waals surface area contributed by atoms with E-state index >= 15 is 0 Å². The molecule has 0 spiro atoms. The Morgan fingerprint density at radius 3 is 2.83 bits per heavy atom. The van der Waals surface area contributed by atoms with Crippen LogP contribution in [0.1, 0.15) is 39.0 Å². The highest BCUT2D eigenvalue weighted by Crippen LogP contribution is 2.21. The van der Waals surface area contributed by atoms with Crippen molar-refractivity contribution < 1.29 is 9.53 Å². The van der Waals surface area contributed by atoms with E-state index in [1.807, 2.05) is 4.90 Å². The van der Waals surface area contributed by atoms with Gasteiger partial charge in [0.2, 0.25) is 5.91 Å². The predicted octanol–water partition coefficient (Wildman–Crippen LogP) is 1.81. The molecule has 0 aliphatic carbocycles. The zero-order chi connectivity index (χ0) is 12.7. The van der Waals surface area contributed by atoms with Crippen molar-refractivity contribution in [1.29, 1.82) is 0 Å². The Hall–Kier alpha value is -0.320. The van der Waals surface area contributed by atoms with Crippen LogP contribution >= 0.6 is 12.4 Å². The van der Waals surface area contributed by atoms with E-state index in [-0.39, 0.29) is 24.4 Å². The third-order valence-electron chi connectivity index (χ3n) is 3.57. The molecule has 2 unspecified atom stereocenters. The Morgan fingerprint density at radius 1 is 1.56 bits per heavy atom. The molecule has 18 heavy (non-hydrogen) atoms. The molecule has 0 saturated carbocycles. The van der Waals surface area contributed by atoms with Crippen LogP contribution in [0.5, 0.6) is 0 Å². The predicted molar refractivity (Wildman–Crippen MR) is 75.9 cm³/mol. The van der Waals surface area contributed by atoms with Gasteiger partial charge in [0, 0.05) is 26.7 Å². The number of halogens is 1. The molecule has 1 fully saturated rings. The summed E-state index contributed by atoms with van der Waals surface area (Å²) in [4.78, 5) is 14.1. The van der Waals surface area contributed by atoms with Gasteiger partial charge in [-0.05, 0) is 25.2 Å². The van der Waals surface area contributed by atoms with Crippen molar-refractivity contribution in [3.8, 4) is 0 Å². The summed E-state index contributed by atoms with van der Waals surface area (Å²) in [5.41, 5.74) is 5.54. The lowest BCUT2D eigenvalue weighted by atomic mass is 9.93. The topological polar surface area (TPSA) is 55.6 Å². The van der Waals surface area contributed by atoms with Crippen molar-refractivity contribution in [3.63, 3.8) is 0 Å². The third kappa shape index (κ3) is 5.55. The van der Waals surface area contributed by atoms with Crippen molar-refractivity contribution in [2.45, 2.75) is 45.1 Å². The number of hydrogen-bond acceptors (Lipinski definition) is 3. The number of nitrogens with zero attached hydrogens (tertiary/aromatic N) is 1. The largest absolute Gasteiger partial charge is 0.380 e. The van der Waals surface area contributed by atoms with E-state index < -0.39 is 0 Å². The number of piperidine rings is 1. The molecule has 1 aliphatic heterocycles. The monoisotopic (exact) mass is 278 g/mol. The molecule has 5 heteroatoms. The standard InChI is InChI=1S/C13H26N2O2.ClH/c1-3-5-11-6-4-7-15(10-11)13(16)8-12(9-14)17-2;/h11-12H,3-10,14H2,1-2H3;1H. The van der Waals surface area contributed by atoms with Crippen molar-refractivity contribution >= 4 is 18.3 Å². The van der Waals surface area contributed by atoms with Gasteiger partial charge in [-0.1, -0.05) is 13.3 Å². The van der Waals surface area contributed by atoms with Gasteiger partial charge in [0.25, 0.3) is 0 Å². The van der Waals surface area contributed by atoms with E-state index in [0.717, 1.165) is 19.5 Å². The first-order valence-corrected chi connectivity index (χ1v) is 6.71. The van der Waals surface area contributed by atoms with Crippen molar-refractivity contribution in [1.82, 2.24) is 4.90 Å². The zero-order valence-electron chi connectivity index (χ0n) is 11.6. The maximum absolute atomic E-state index is 12.1. The summed E-state index contributed by atoms with van der Waals surface area (Å²) >= 11 is 0. The smallest absolute Gasteiger partial charge is 0.225 e. The van der Waals surface area contributed by atoms with Gasteiger partial charge in [0.1, 0.15) is 0 Å². The maximum atomic E-state index is 12.1. The third-order valence-corrected chi connectivity index (χ3v) is 3.57. The molecule has 1 aliphatic rings. The molecule has 2 N–H and O–H groups in total. The fourth-order valence-electron chi connectivity index (χ4n) is 2.52. The number of likely N-dealkylation sites (tertiary alicyclic amines) is 1. The Bertz CT molecular complexity index is 233. The molecule has 4 nitrogen and oxygen atoms in total. The molecular formula is C13H27ClN2O2. The minimum atomic E-state index is -0.131. The number of methoxy groups -OCH3 is 1. The van der Waals surface area contributed by atoms with Crippen LogP contribution in [0, 0.1) is 5.92 Å². The fourth-order valence-corrected chi connectivity index (χ4v) is 2.52. The van der Waals surface area contributed by atoms with Crippen LogP contribution in [0.25, 0.3) is 0 Å². The molecule has 1 rings (SSSR count). The molecule has 108 valence electrons. The van der Waals surface area contributed by atoms with Crippen LogP contribution in [0.4, 0.5) is 0 Å². The average molecular weight is 279 g/mol. The summed E-state index contributed by atoms with van der Waals surface area (Å²) in [6.45, 7) is 4.44. The van der Waals surface area contributed by atoms with Gasteiger partial charge >= 0.3 is 0 Å². The summed E-state index contributed by atoms with van der Waals surface area (Å²) in [6, 6.07) is 0. The Labute approximate surface area is 117 Å². The van der Waals surface area contributed by atoms with Gasteiger partial charge in [0.15, 0.2) is 0 Å².